The quantitative estimate of drug-likeness (QED) is 0.551. The number of aliphatic hydroxyl groups is 1. The first-order chi connectivity index (χ1) is 5.74. The van der Waals surface area contributed by atoms with Crippen LogP contribution < -0.4 is 5.84 Å². The molecule has 72 valence electrons. The maximum atomic E-state index is 8.74. The molecule has 0 bridgehead atoms. The van der Waals surface area contributed by atoms with E-state index in [1.807, 2.05) is 5.01 Å². The van der Waals surface area contributed by atoms with Crippen molar-refractivity contribution >= 4 is 0 Å². The summed E-state index contributed by atoms with van der Waals surface area (Å²) in [6.07, 6.45) is 2.24. The van der Waals surface area contributed by atoms with Crippen LogP contribution in [0.25, 0.3) is 0 Å². The van der Waals surface area contributed by atoms with Crippen molar-refractivity contribution in [3.63, 3.8) is 0 Å². The maximum Gasteiger partial charge on any atom is 0.0558 e. The van der Waals surface area contributed by atoms with Gasteiger partial charge in [-0.3, -0.25) is 5.84 Å². The number of nitrogens with two attached hydrogens (primary N) is 1. The SMILES string of the molecule is CN(CCO)C1CCN(N)CC1. The van der Waals surface area contributed by atoms with E-state index in [9.17, 15) is 0 Å². The molecule has 1 saturated heterocycles. The minimum absolute atomic E-state index is 0.249. The summed E-state index contributed by atoms with van der Waals surface area (Å²) in [4.78, 5) is 2.22. The molecule has 0 aromatic rings. The van der Waals surface area contributed by atoms with Crippen LogP contribution in [-0.2, 0) is 0 Å². The Morgan fingerprint density at radius 2 is 2.08 bits per heavy atom. The summed E-state index contributed by atoms with van der Waals surface area (Å²) < 4.78 is 0. The van der Waals surface area contributed by atoms with Gasteiger partial charge in [0.15, 0.2) is 0 Å². The van der Waals surface area contributed by atoms with Gasteiger partial charge in [0.05, 0.1) is 6.61 Å². The van der Waals surface area contributed by atoms with E-state index in [1.165, 1.54) is 0 Å². The number of rotatable bonds is 3. The molecule has 4 nitrogen and oxygen atoms in total. The predicted molar refractivity (Wildman–Crippen MR) is 48.5 cm³/mol. The van der Waals surface area contributed by atoms with Gasteiger partial charge in [-0.1, -0.05) is 0 Å². The molecule has 12 heavy (non-hydrogen) atoms. The van der Waals surface area contributed by atoms with Crippen molar-refractivity contribution in [1.82, 2.24) is 9.91 Å². The van der Waals surface area contributed by atoms with Gasteiger partial charge in [0, 0.05) is 25.7 Å². The number of hydrazine groups is 1. The molecule has 1 fully saturated rings. The highest BCUT2D eigenvalue weighted by Crippen LogP contribution is 2.12. The molecular weight excluding hydrogens is 154 g/mol. The van der Waals surface area contributed by atoms with Gasteiger partial charge >= 0.3 is 0 Å². The molecule has 3 N–H and O–H groups in total. The Morgan fingerprint density at radius 3 is 2.58 bits per heavy atom. The Bertz CT molecular complexity index is 123. The Labute approximate surface area is 73.9 Å². The van der Waals surface area contributed by atoms with Crippen molar-refractivity contribution in [2.75, 3.05) is 33.3 Å². The second-order valence-corrected chi connectivity index (χ2v) is 3.47. The zero-order valence-corrected chi connectivity index (χ0v) is 7.74. The number of aliphatic hydroxyl groups excluding tert-OH is 1. The van der Waals surface area contributed by atoms with Crippen LogP contribution in [0, 0.1) is 0 Å². The summed E-state index contributed by atoms with van der Waals surface area (Å²) in [6.45, 7) is 2.97. The van der Waals surface area contributed by atoms with E-state index in [2.05, 4.69) is 11.9 Å². The summed E-state index contributed by atoms with van der Waals surface area (Å²) in [5.41, 5.74) is 0. The highest BCUT2D eigenvalue weighted by Gasteiger charge is 2.19. The predicted octanol–water partition coefficient (Wildman–Crippen LogP) is -0.751. The van der Waals surface area contributed by atoms with Crippen LogP contribution in [0.2, 0.25) is 0 Å². The fourth-order valence-corrected chi connectivity index (χ4v) is 1.67. The van der Waals surface area contributed by atoms with Crippen molar-refractivity contribution in [3.05, 3.63) is 0 Å². The molecular formula is C8H19N3O. The largest absolute Gasteiger partial charge is 0.395 e. The Balaban J connectivity index is 2.24. The Hall–Kier alpha value is -0.160. The van der Waals surface area contributed by atoms with E-state index < -0.39 is 0 Å². The second-order valence-electron chi connectivity index (χ2n) is 3.47. The molecule has 0 atom stereocenters. The van der Waals surface area contributed by atoms with Crippen molar-refractivity contribution in [1.29, 1.82) is 0 Å². The summed E-state index contributed by atoms with van der Waals surface area (Å²) in [5, 5.41) is 10.6. The fourth-order valence-electron chi connectivity index (χ4n) is 1.67. The van der Waals surface area contributed by atoms with Gasteiger partial charge in [-0.2, -0.15) is 0 Å². The van der Waals surface area contributed by atoms with Gasteiger partial charge in [0.1, 0.15) is 0 Å². The summed E-state index contributed by atoms with van der Waals surface area (Å²) >= 11 is 0. The number of likely N-dealkylation sites (N-methyl/N-ethyl adjacent to an activating group) is 1. The fraction of sp³-hybridized carbons (Fsp3) is 1.00. The standard InChI is InChI=1S/C8H19N3O/c1-10(6-7-12)8-2-4-11(9)5-3-8/h8,12H,2-7,9H2,1H3. The first-order valence-corrected chi connectivity index (χ1v) is 4.55. The van der Waals surface area contributed by atoms with E-state index in [4.69, 9.17) is 10.9 Å². The zero-order valence-electron chi connectivity index (χ0n) is 7.74. The van der Waals surface area contributed by atoms with E-state index in [-0.39, 0.29) is 6.61 Å². The molecule has 4 heteroatoms. The third kappa shape index (κ3) is 2.71. The number of piperidine rings is 1. The topological polar surface area (TPSA) is 52.7 Å². The van der Waals surface area contributed by atoms with Crippen LogP contribution in [0.1, 0.15) is 12.8 Å². The van der Waals surface area contributed by atoms with Crippen molar-refractivity contribution < 1.29 is 5.11 Å². The molecule has 0 aliphatic carbocycles. The number of nitrogens with zero attached hydrogens (tertiary/aromatic N) is 2. The van der Waals surface area contributed by atoms with Crippen molar-refractivity contribution in [2.45, 2.75) is 18.9 Å². The van der Waals surface area contributed by atoms with E-state index in [0.29, 0.717) is 6.04 Å². The van der Waals surface area contributed by atoms with Crippen LogP contribution in [0.5, 0.6) is 0 Å². The number of hydrogen-bond donors (Lipinski definition) is 2. The van der Waals surface area contributed by atoms with Crippen LogP contribution in [0.3, 0.4) is 0 Å². The molecule has 0 radical (unpaired) electrons. The molecule has 1 aliphatic rings. The molecule has 1 aliphatic heterocycles. The van der Waals surface area contributed by atoms with Gasteiger partial charge in [-0.15, -0.1) is 0 Å². The second kappa shape index (κ2) is 4.77. The monoisotopic (exact) mass is 173 g/mol. The lowest BCUT2D eigenvalue weighted by Gasteiger charge is -2.34. The minimum Gasteiger partial charge on any atom is -0.395 e. The highest BCUT2D eigenvalue weighted by atomic mass is 16.3. The lowest BCUT2D eigenvalue weighted by Crippen LogP contribution is -2.46. The maximum absolute atomic E-state index is 8.74. The average Bonchev–Trinajstić information content (AvgIpc) is 2.06. The molecule has 0 saturated carbocycles. The molecule has 0 aromatic carbocycles. The third-order valence-electron chi connectivity index (χ3n) is 2.58. The van der Waals surface area contributed by atoms with Gasteiger partial charge in [-0.25, -0.2) is 5.01 Å². The molecule has 0 aromatic heterocycles. The first kappa shape index (κ1) is 9.92. The molecule has 1 rings (SSSR count). The van der Waals surface area contributed by atoms with Gasteiger partial charge in [0.2, 0.25) is 0 Å². The lowest BCUT2D eigenvalue weighted by molar-refractivity contribution is 0.111. The lowest BCUT2D eigenvalue weighted by atomic mass is 10.1. The molecule has 0 amide bonds. The third-order valence-corrected chi connectivity index (χ3v) is 2.58. The highest BCUT2D eigenvalue weighted by molar-refractivity contribution is 4.75. The minimum atomic E-state index is 0.249. The Morgan fingerprint density at radius 1 is 1.50 bits per heavy atom. The van der Waals surface area contributed by atoms with Gasteiger partial charge in [-0.05, 0) is 19.9 Å². The van der Waals surface area contributed by atoms with Gasteiger partial charge in [0.25, 0.3) is 0 Å². The molecule has 0 unspecified atom stereocenters. The zero-order chi connectivity index (χ0) is 8.97. The van der Waals surface area contributed by atoms with Crippen molar-refractivity contribution in [3.8, 4) is 0 Å². The average molecular weight is 173 g/mol. The van der Waals surface area contributed by atoms with E-state index in [0.717, 1.165) is 32.5 Å². The Kier molecular flexibility index (Phi) is 3.94. The number of hydrogen-bond acceptors (Lipinski definition) is 4. The van der Waals surface area contributed by atoms with E-state index in [1.54, 1.807) is 0 Å². The summed E-state index contributed by atoms with van der Waals surface area (Å²) in [5.74, 6) is 5.64. The van der Waals surface area contributed by atoms with Crippen LogP contribution in [0.15, 0.2) is 0 Å². The normalized spacial score (nSPS) is 22.0. The molecule has 1 heterocycles. The summed E-state index contributed by atoms with van der Waals surface area (Å²) in [7, 11) is 2.06. The van der Waals surface area contributed by atoms with Crippen LogP contribution >= 0.6 is 0 Å². The summed E-state index contributed by atoms with van der Waals surface area (Å²) in [6, 6.07) is 0.608. The van der Waals surface area contributed by atoms with Crippen LogP contribution in [-0.4, -0.2) is 54.3 Å². The van der Waals surface area contributed by atoms with Crippen LogP contribution in [0.4, 0.5) is 0 Å². The van der Waals surface area contributed by atoms with Crippen molar-refractivity contribution in [2.24, 2.45) is 5.84 Å². The smallest absolute Gasteiger partial charge is 0.0558 e. The van der Waals surface area contributed by atoms with E-state index >= 15 is 0 Å². The first-order valence-electron chi connectivity index (χ1n) is 4.55. The van der Waals surface area contributed by atoms with Gasteiger partial charge < -0.3 is 10.0 Å². The molecule has 0 spiro atoms.